The highest BCUT2D eigenvalue weighted by Crippen LogP contribution is 2.32. The molecule has 146 valence electrons. The molecule has 0 aliphatic rings. The van der Waals surface area contributed by atoms with E-state index in [1.54, 1.807) is 26.3 Å². The lowest BCUT2D eigenvalue weighted by atomic mass is 10.1. The SMILES string of the molecule is COc1cccc(/C=c2\s/c(=C\C(=O)c3cccs3)n(C)c2=O)c1OC(C)C. The molecule has 0 aliphatic carbocycles. The molecule has 5 nitrogen and oxygen atoms in total. The Morgan fingerprint density at radius 3 is 2.64 bits per heavy atom. The molecule has 2 heterocycles. The van der Waals surface area contributed by atoms with Crippen molar-refractivity contribution in [2.45, 2.75) is 20.0 Å². The number of benzene rings is 1. The zero-order valence-electron chi connectivity index (χ0n) is 16.1. The van der Waals surface area contributed by atoms with Crippen LogP contribution in [0.15, 0.2) is 40.5 Å². The minimum Gasteiger partial charge on any atom is -0.493 e. The number of carbonyl (C=O) groups is 1. The van der Waals surface area contributed by atoms with Crippen LogP contribution in [0.2, 0.25) is 0 Å². The van der Waals surface area contributed by atoms with Crippen molar-refractivity contribution in [1.29, 1.82) is 0 Å². The minimum atomic E-state index is -0.159. The van der Waals surface area contributed by atoms with Crippen molar-refractivity contribution in [1.82, 2.24) is 4.57 Å². The van der Waals surface area contributed by atoms with E-state index < -0.39 is 0 Å². The van der Waals surface area contributed by atoms with Gasteiger partial charge >= 0.3 is 0 Å². The third-order valence-electron chi connectivity index (χ3n) is 3.95. The Kier molecular flexibility index (Phi) is 6.16. The molecule has 28 heavy (non-hydrogen) atoms. The molecule has 3 aromatic rings. The number of hydrogen-bond donors (Lipinski definition) is 0. The molecule has 0 spiro atoms. The summed E-state index contributed by atoms with van der Waals surface area (Å²) in [5, 5.41) is 1.85. The Labute approximate surface area is 170 Å². The Balaban J connectivity index is 2.12. The molecule has 0 saturated heterocycles. The van der Waals surface area contributed by atoms with Gasteiger partial charge in [0.25, 0.3) is 5.56 Å². The zero-order chi connectivity index (χ0) is 20.3. The summed E-state index contributed by atoms with van der Waals surface area (Å²) in [4.78, 5) is 25.7. The van der Waals surface area contributed by atoms with Crippen molar-refractivity contribution in [2.24, 2.45) is 7.05 Å². The largest absolute Gasteiger partial charge is 0.493 e. The average Bonchev–Trinajstić information content (AvgIpc) is 3.28. The van der Waals surface area contributed by atoms with Crippen LogP contribution in [-0.4, -0.2) is 23.6 Å². The van der Waals surface area contributed by atoms with E-state index in [0.717, 1.165) is 5.56 Å². The molecule has 0 bridgehead atoms. The summed E-state index contributed by atoms with van der Waals surface area (Å²) < 4.78 is 13.9. The van der Waals surface area contributed by atoms with Crippen molar-refractivity contribution in [3.05, 3.63) is 65.7 Å². The first-order valence-corrected chi connectivity index (χ1v) is 10.4. The van der Waals surface area contributed by atoms with Gasteiger partial charge in [0, 0.05) is 18.7 Å². The van der Waals surface area contributed by atoms with Crippen LogP contribution in [0.25, 0.3) is 12.2 Å². The maximum Gasteiger partial charge on any atom is 0.268 e. The van der Waals surface area contributed by atoms with Gasteiger partial charge in [-0.2, -0.15) is 0 Å². The molecule has 2 aromatic heterocycles. The van der Waals surface area contributed by atoms with Gasteiger partial charge in [-0.15, -0.1) is 22.7 Å². The van der Waals surface area contributed by atoms with Crippen molar-refractivity contribution in [3.63, 3.8) is 0 Å². The molecule has 1 aromatic carbocycles. The molecular formula is C21H21NO4S2. The smallest absolute Gasteiger partial charge is 0.268 e. The number of thiophene rings is 1. The summed E-state index contributed by atoms with van der Waals surface area (Å²) in [6, 6.07) is 9.15. The second-order valence-electron chi connectivity index (χ2n) is 6.34. The number of methoxy groups -OCH3 is 1. The Morgan fingerprint density at radius 1 is 1.21 bits per heavy atom. The van der Waals surface area contributed by atoms with Gasteiger partial charge < -0.3 is 14.0 Å². The Morgan fingerprint density at radius 2 is 2.00 bits per heavy atom. The average molecular weight is 416 g/mol. The van der Waals surface area contributed by atoms with Crippen LogP contribution in [0.5, 0.6) is 11.5 Å². The lowest BCUT2D eigenvalue weighted by molar-refractivity contribution is 0.106. The second-order valence-corrected chi connectivity index (χ2v) is 8.35. The number of carbonyl (C=O) groups excluding carboxylic acids is 1. The van der Waals surface area contributed by atoms with Crippen LogP contribution < -0.4 is 24.2 Å². The zero-order valence-corrected chi connectivity index (χ0v) is 17.7. The van der Waals surface area contributed by atoms with E-state index >= 15 is 0 Å². The molecule has 0 N–H and O–H groups in total. The van der Waals surface area contributed by atoms with Crippen LogP contribution in [0, 0.1) is 0 Å². The predicted molar refractivity (Wildman–Crippen MR) is 114 cm³/mol. The number of ketones is 1. The van der Waals surface area contributed by atoms with E-state index in [1.807, 2.05) is 43.5 Å². The summed E-state index contributed by atoms with van der Waals surface area (Å²) in [5.41, 5.74) is 0.594. The van der Waals surface area contributed by atoms with E-state index in [-0.39, 0.29) is 17.4 Å². The van der Waals surface area contributed by atoms with Crippen molar-refractivity contribution in [3.8, 4) is 11.5 Å². The highest BCUT2D eigenvalue weighted by atomic mass is 32.1. The van der Waals surface area contributed by atoms with Gasteiger partial charge in [-0.3, -0.25) is 9.59 Å². The van der Waals surface area contributed by atoms with Crippen molar-refractivity contribution < 1.29 is 14.3 Å². The number of thiazole rings is 1. The van der Waals surface area contributed by atoms with Gasteiger partial charge in [-0.25, -0.2) is 0 Å². The van der Waals surface area contributed by atoms with Gasteiger partial charge in [0.1, 0.15) is 4.66 Å². The standard InChI is InChI=1S/C21H21NO4S2/c1-13(2)26-20-14(7-5-8-16(20)25-4)11-18-21(24)22(3)19(28-18)12-15(23)17-9-6-10-27-17/h5-13H,1-4H3/b18-11-,19-12-. The van der Waals surface area contributed by atoms with E-state index in [1.165, 1.54) is 33.3 Å². The minimum absolute atomic E-state index is 0.0399. The molecule has 0 saturated carbocycles. The maximum atomic E-state index is 12.7. The van der Waals surface area contributed by atoms with E-state index in [0.29, 0.717) is 25.6 Å². The van der Waals surface area contributed by atoms with Crippen LogP contribution in [0.3, 0.4) is 0 Å². The third kappa shape index (κ3) is 4.26. The number of para-hydroxylation sites is 1. The predicted octanol–water partition coefficient (Wildman–Crippen LogP) is 2.80. The van der Waals surface area contributed by atoms with Gasteiger partial charge in [0.05, 0.1) is 22.6 Å². The topological polar surface area (TPSA) is 57.5 Å². The summed E-state index contributed by atoms with van der Waals surface area (Å²) in [6.07, 6.45) is 3.24. The second kappa shape index (κ2) is 8.58. The van der Waals surface area contributed by atoms with Crippen LogP contribution >= 0.6 is 22.7 Å². The van der Waals surface area contributed by atoms with Gasteiger partial charge in [-0.1, -0.05) is 18.2 Å². The molecule has 0 radical (unpaired) electrons. The fourth-order valence-corrected chi connectivity index (χ4v) is 4.28. The number of hydrogen-bond acceptors (Lipinski definition) is 6. The molecule has 0 fully saturated rings. The summed E-state index contributed by atoms with van der Waals surface area (Å²) in [7, 11) is 3.25. The van der Waals surface area contributed by atoms with E-state index in [2.05, 4.69) is 0 Å². The quantitative estimate of drug-likeness (QED) is 0.581. The Bertz CT molecular complexity index is 1150. The molecule has 0 atom stereocenters. The lowest BCUT2D eigenvalue weighted by Gasteiger charge is -2.15. The van der Waals surface area contributed by atoms with Gasteiger partial charge in [0.15, 0.2) is 17.3 Å². The Hall–Kier alpha value is -2.64. The van der Waals surface area contributed by atoms with Crippen molar-refractivity contribution in [2.75, 3.05) is 7.11 Å². The molecule has 3 rings (SSSR count). The first-order chi connectivity index (χ1) is 13.4. The van der Waals surface area contributed by atoms with Crippen LogP contribution in [0.4, 0.5) is 0 Å². The highest BCUT2D eigenvalue weighted by molar-refractivity contribution is 7.12. The number of nitrogens with zero attached hydrogens (tertiary/aromatic N) is 1. The number of rotatable bonds is 6. The fraction of sp³-hybridized carbons (Fsp3) is 0.238. The fourth-order valence-electron chi connectivity index (χ4n) is 2.62. The van der Waals surface area contributed by atoms with E-state index in [4.69, 9.17) is 9.47 Å². The summed E-state index contributed by atoms with van der Waals surface area (Å²) >= 11 is 2.65. The number of ether oxygens (including phenoxy) is 2. The van der Waals surface area contributed by atoms with Crippen LogP contribution in [-0.2, 0) is 7.05 Å². The molecule has 0 unspecified atom stereocenters. The van der Waals surface area contributed by atoms with Gasteiger partial charge in [0.2, 0.25) is 0 Å². The summed E-state index contributed by atoms with van der Waals surface area (Å²) in [5.74, 6) is 1.09. The van der Waals surface area contributed by atoms with Crippen LogP contribution in [0.1, 0.15) is 29.1 Å². The van der Waals surface area contributed by atoms with E-state index in [9.17, 15) is 9.59 Å². The van der Waals surface area contributed by atoms with Crippen molar-refractivity contribution >= 4 is 40.6 Å². The number of Topliss-reactive ketones (excluding diaryl/α,β-unsaturated/α-hetero) is 1. The van der Waals surface area contributed by atoms with Gasteiger partial charge in [-0.05, 0) is 37.4 Å². The monoisotopic (exact) mass is 415 g/mol. The normalized spacial score (nSPS) is 12.6. The molecule has 7 heteroatoms. The maximum absolute atomic E-state index is 12.7. The molecule has 0 aliphatic heterocycles. The highest BCUT2D eigenvalue weighted by Gasteiger charge is 2.12. The third-order valence-corrected chi connectivity index (χ3v) is 5.95. The lowest BCUT2D eigenvalue weighted by Crippen LogP contribution is -2.29. The first-order valence-electron chi connectivity index (χ1n) is 8.71. The summed E-state index contributed by atoms with van der Waals surface area (Å²) in [6.45, 7) is 3.87. The molecular weight excluding hydrogens is 394 g/mol. The number of aromatic nitrogens is 1. The molecule has 0 amide bonds. The first kappa shape index (κ1) is 20.1.